The summed E-state index contributed by atoms with van der Waals surface area (Å²) in [7, 11) is -4.00. The largest absolute Gasteiger partial charge is 0.337 e. The molecule has 1 aromatic heterocycles. The molecule has 0 spiro atoms. The van der Waals surface area contributed by atoms with Crippen LogP contribution in [0, 0.1) is 6.92 Å². The number of nitrogens with zero attached hydrogens (tertiary/aromatic N) is 3. The van der Waals surface area contributed by atoms with E-state index in [0.717, 1.165) is 22.9 Å². The highest BCUT2D eigenvalue weighted by molar-refractivity contribution is 7.89. The molecule has 0 saturated carbocycles. The third-order valence-corrected chi connectivity index (χ3v) is 8.60. The van der Waals surface area contributed by atoms with Crippen LogP contribution in [0.25, 0.3) is 10.8 Å². The molecule has 1 amide bonds. The molecule has 1 atom stereocenters. The second-order valence-corrected chi connectivity index (χ2v) is 11.1. The number of halogens is 1. The maximum Gasteiger partial charge on any atom is 0.241 e. The monoisotopic (exact) mass is 522 g/mol. The molecule has 0 fully saturated rings. The molecule has 5 rings (SSSR count). The van der Waals surface area contributed by atoms with E-state index in [1.54, 1.807) is 40.1 Å². The van der Waals surface area contributed by atoms with Crippen molar-refractivity contribution in [3.63, 3.8) is 0 Å². The van der Waals surface area contributed by atoms with Crippen molar-refractivity contribution in [3.8, 4) is 0 Å². The first-order valence-electron chi connectivity index (χ1n) is 11.9. The van der Waals surface area contributed by atoms with Gasteiger partial charge in [0.1, 0.15) is 6.04 Å². The summed E-state index contributed by atoms with van der Waals surface area (Å²) in [5.74, 6) is -0.249. The minimum Gasteiger partial charge on any atom is -0.337 e. The van der Waals surface area contributed by atoms with Crippen LogP contribution in [-0.4, -0.2) is 41.4 Å². The molecule has 1 unspecified atom stereocenters. The predicted octanol–water partition coefficient (Wildman–Crippen LogP) is 4.32. The average molecular weight is 523 g/mol. The van der Waals surface area contributed by atoms with Crippen LogP contribution in [-0.2, 0) is 34.3 Å². The number of sulfonamides is 1. The summed E-state index contributed by atoms with van der Waals surface area (Å²) >= 11 is 6.13. The van der Waals surface area contributed by atoms with Crippen molar-refractivity contribution in [2.45, 2.75) is 43.8 Å². The number of aromatic nitrogens is 2. The van der Waals surface area contributed by atoms with Gasteiger partial charge in [-0.15, -0.1) is 0 Å². The van der Waals surface area contributed by atoms with Crippen molar-refractivity contribution < 1.29 is 13.2 Å². The smallest absolute Gasteiger partial charge is 0.241 e. The van der Waals surface area contributed by atoms with Gasteiger partial charge < -0.3 is 9.47 Å². The van der Waals surface area contributed by atoms with Gasteiger partial charge >= 0.3 is 0 Å². The lowest BCUT2D eigenvalue weighted by atomic mass is 9.99. The number of carbonyl (C=O) groups is 1. The number of carbonyl (C=O) groups excluding carboxylic acids is 1. The second-order valence-electron chi connectivity index (χ2n) is 9.06. The van der Waals surface area contributed by atoms with E-state index in [4.69, 9.17) is 11.6 Å². The summed E-state index contributed by atoms with van der Waals surface area (Å²) in [6, 6.07) is 17.9. The molecule has 2 heterocycles. The molecule has 0 radical (unpaired) electrons. The first kappa shape index (κ1) is 24.5. The molecule has 1 N–H and O–H groups in total. The van der Waals surface area contributed by atoms with E-state index >= 15 is 0 Å². The normalized spacial score (nSPS) is 14.6. The molecule has 1 aliphatic heterocycles. The van der Waals surface area contributed by atoms with Gasteiger partial charge in [0.05, 0.1) is 4.90 Å². The molecule has 186 valence electrons. The van der Waals surface area contributed by atoms with Crippen LogP contribution < -0.4 is 4.72 Å². The van der Waals surface area contributed by atoms with Crippen LogP contribution in [0.4, 0.5) is 0 Å². The van der Waals surface area contributed by atoms with E-state index in [-0.39, 0.29) is 17.2 Å². The van der Waals surface area contributed by atoms with E-state index in [1.165, 1.54) is 5.56 Å². The SMILES string of the molecule is Cc1ccc(S(=O)(=O)NC(CCn2ccnc2Cl)C(=O)N2CCc3ccccc3C2)c2ccccc12. The Kier molecular flexibility index (Phi) is 6.83. The van der Waals surface area contributed by atoms with Crippen LogP contribution in [0.5, 0.6) is 0 Å². The Morgan fingerprint density at radius 2 is 1.78 bits per heavy atom. The highest BCUT2D eigenvalue weighted by Crippen LogP contribution is 2.27. The number of fused-ring (bicyclic) bond motifs is 2. The Hall–Kier alpha value is -3.20. The summed E-state index contributed by atoms with van der Waals surface area (Å²) in [4.78, 5) is 19.6. The van der Waals surface area contributed by atoms with Crippen LogP contribution in [0.1, 0.15) is 23.1 Å². The van der Waals surface area contributed by atoms with Crippen LogP contribution >= 0.6 is 11.6 Å². The molecule has 36 heavy (non-hydrogen) atoms. The highest BCUT2D eigenvalue weighted by atomic mass is 35.5. The molecule has 0 aliphatic carbocycles. The topological polar surface area (TPSA) is 84.3 Å². The molecule has 4 aromatic rings. The van der Waals surface area contributed by atoms with Crippen molar-refractivity contribution >= 4 is 38.3 Å². The van der Waals surface area contributed by atoms with E-state index in [1.807, 2.05) is 43.3 Å². The van der Waals surface area contributed by atoms with Gasteiger partial charge in [-0.3, -0.25) is 4.79 Å². The molecule has 0 saturated heterocycles. The Morgan fingerprint density at radius 3 is 2.53 bits per heavy atom. The molecule has 1 aliphatic rings. The highest BCUT2D eigenvalue weighted by Gasteiger charge is 2.31. The minimum absolute atomic E-state index is 0.158. The zero-order valence-electron chi connectivity index (χ0n) is 19.9. The molecule has 3 aromatic carbocycles. The first-order chi connectivity index (χ1) is 17.3. The first-order valence-corrected chi connectivity index (χ1v) is 13.7. The van der Waals surface area contributed by atoms with Gasteiger partial charge in [0.25, 0.3) is 0 Å². The maximum atomic E-state index is 13.7. The molecule has 7 nitrogen and oxygen atoms in total. The fourth-order valence-corrected chi connectivity index (χ4v) is 6.42. The van der Waals surface area contributed by atoms with Crippen LogP contribution in [0.15, 0.2) is 78.0 Å². The van der Waals surface area contributed by atoms with Gasteiger partial charge in [0, 0.05) is 37.4 Å². The minimum atomic E-state index is -4.00. The Labute approximate surface area is 215 Å². The third kappa shape index (κ3) is 4.89. The summed E-state index contributed by atoms with van der Waals surface area (Å²) in [6.45, 7) is 3.28. The van der Waals surface area contributed by atoms with E-state index in [2.05, 4.69) is 15.8 Å². The predicted molar refractivity (Wildman–Crippen MR) is 140 cm³/mol. The maximum absolute atomic E-state index is 13.7. The van der Waals surface area contributed by atoms with E-state index in [0.29, 0.717) is 30.3 Å². The Balaban J connectivity index is 1.45. The number of aryl methyl sites for hydroxylation is 2. The lowest BCUT2D eigenvalue weighted by Gasteiger charge is -2.32. The van der Waals surface area contributed by atoms with Gasteiger partial charge in [-0.2, -0.15) is 4.72 Å². The Morgan fingerprint density at radius 1 is 1.06 bits per heavy atom. The van der Waals surface area contributed by atoms with Crippen LogP contribution in [0.2, 0.25) is 5.28 Å². The molecular weight excluding hydrogens is 496 g/mol. The van der Waals surface area contributed by atoms with Gasteiger partial charge in [-0.25, -0.2) is 13.4 Å². The van der Waals surface area contributed by atoms with Crippen molar-refractivity contribution in [1.82, 2.24) is 19.2 Å². The Bertz CT molecular complexity index is 1530. The standard InChI is InChI=1S/C27H27ClN4O3S/c1-19-10-11-25(23-9-5-4-8-22(19)23)36(34,35)30-24(13-16-31-17-14-29-27(31)28)26(33)32-15-12-20-6-2-3-7-21(20)18-32/h2-11,14,17,24,30H,12-13,15-16,18H2,1H3. The van der Waals surface area contributed by atoms with Gasteiger partial charge in [0.2, 0.25) is 21.2 Å². The quantitative estimate of drug-likeness (QED) is 0.392. The number of benzene rings is 3. The zero-order chi connectivity index (χ0) is 25.3. The lowest BCUT2D eigenvalue weighted by molar-refractivity contribution is -0.134. The summed E-state index contributed by atoms with van der Waals surface area (Å²) in [5, 5.41) is 1.78. The third-order valence-electron chi connectivity index (χ3n) is 6.75. The number of hydrogen-bond acceptors (Lipinski definition) is 4. The number of nitrogens with one attached hydrogen (secondary N) is 1. The van der Waals surface area contributed by atoms with Crippen LogP contribution in [0.3, 0.4) is 0 Å². The molecule has 0 bridgehead atoms. The number of amides is 1. The van der Waals surface area contributed by atoms with E-state index in [9.17, 15) is 13.2 Å². The fourth-order valence-electron chi connectivity index (χ4n) is 4.79. The number of hydrogen-bond donors (Lipinski definition) is 1. The molecule has 9 heteroatoms. The summed E-state index contributed by atoms with van der Waals surface area (Å²) in [5.41, 5.74) is 3.29. The molecular formula is C27H27ClN4O3S. The number of imidazole rings is 1. The van der Waals surface area contributed by atoms with Crippen molar-refractivity contribution in [2.75, 3.05) is 6.54 Å². The summed E-state index contributed by atoms with van der Waals surface area (Å²) in [6.07, 6.45) is 4.25. The van der Waals surface area contributed by atoms with Gasteiger partial charge in [0.15, 0.2) is 0 Å². The lowest BCUT2D eigenvalue weighted by Crippen LogP contribution is -2.50. The second kappa shape index (κ2) is 10.0. The van der Waals surface area contributed by atoms with Crippen molar-refractivity contribution in [1.29, 1.82) is 0 Å². The van der Waals surface area contributed by atoms with E-state index < -0.39 is 16.1 Å². The zero-order valence-corrected chi connectivity index (χ0v) is 21.5. The summed E-state index contributed by atoms with van der Waals surface area (Å²) < 4.78 is 31.7. The van der Waals surface area contributed by atoms with Gasteiger partial charge in [-0.1, -0.05) is 54.6 Å². The average Bonchev–Trinajstić information content (AvgIpc) is 3.30. The number of rotatable bonds is 7. The van der Waals surface area contributed by atoms with Gasteiger partial charge in [-0.05, 0) is 59.5 Å². The fraction of sp³-hybridized carbons (Fsp3) is 0.259. The van der Waals surface area contributed by atoms with Crippen molar-refractivity contribution in [2.24, 2.45) is 0 Å². The van der Waals surface area contributed by atoms with Crippen molar-refractivity contribution in [3.05, 3.63) is 95.0 Å².